The smallest absolute Gasteiger partial charge is 0.227 e. The monoisotopic (exact) mass is 415 g/mol. The molecule has 0 spiro atoms. The van der Waals surface area contributed by atoms with Crippen LogP contribution in [-0.2, 0) is 22.6 Å². The van der Waals surface area contributed by atoms with E-state index in [2.05, 4.69) is 22.0 Å². The molecular formula is C21H26ClN5O2. The molecule has 154 valence electrons. The van der Waals surface area contributed by atoms with Gasteiger partial charge in [0.15, 0.2) is 0 Å². The van der Waals surface area contributed by atoms with Crippen LogP contribution in [0.2, 0.25) is 5.02 Å². The summed E-state index contributed by atoms with van der Waals surface area (Å²) in [6.45, 7) is 6.86. The lowest BCUT2D eigenvalue weighted by Crippen LogP contribution is -2.53. The fourth-order valence-electron chi connectivity index (χ4n) is 4.43. The van der Waals surface area contributed by atoms with Crippen LogP contribution in [0.1, 0.15) is 31.4 Å². The van der Waals surface area contributed by atoms with Gasteiger partial charge < -0.3 is 9.80 Å². The summed E-state index contributed by atoms with van der Waals surface area (Å²) in [7, 11) is 1.79. The molecule has 2 aliphatic heterocycles. The second kappa shape index (κ2) is 7.80. The van der Waals surface area contributed by atoms with Gasteiger partial charge in [0.05, 0.1) is 10.7 Å². The molecule has 0 aliphatic carbocycles. The summed E-state index contributed by atoms with van der Waals surface area (Å²) in [5.74, 6) is 0.242. The number of aromatic nitrogens is 2. The number of carbonyl (C=O) groups is 2. The van der Waals surface area contributed by atoms with Crippen molar-refractivity contribution >= 4 is 29.1 Å². The molecule has 3 heterocycles. The molecule has 1 aromatic heterocycles. The largest absolute Gasteiger partial charge is 0.338 e. The molecule has 0 unspecified atom stereocenters. The molecule has 0 bridgehead atoms. The molecule has 1 fully saturated rings. The van der Waals surface area contributed by atoms with Crippen molar-refractivity contribution in [2.24, 2.45) is 0 Å². The van der Waals surface area contributed by atoms with Gasteiger partial charge >= 0.3 is 0 Å². The summed E-state index contributed by atoms with van der Waals surface area (Å²) in [6.07, 6.45) is 3.04. The number of nitrogens with zero attached hydrogens (tertiary/aromatic N) is 4. The Kier molecular flexibility index (Phi) is 5.36. The number of benzene rings is 1. The Morgan fingerprint density at radius 3 is 2.83 bits per heavy atom. The minimum absolute atomic E-state index is 0.112. The normalized spacial score (nSPS) is 20.1. The number of piperazine rings is 1. The second-order valence-electron chi connectivity index (χ2n) is 7.93. The number of rotatable bonds is 3. The summed E-state index contributed by atoms with van der Waals surface area (Å²) in [6, 6.07) is 4.10. The van der Waals surface area contributed by atoms with E-state index >= 15 is 0 Å². The molecule has 1 N–H and O–H groups in total. The van der Waals surface area contributed by atoms with Crippen molar-refractivity contribution in [2.75, 3.05) is 31.6 Å². The number of hydrogen-bond donors (Lipinski definition) is 1. The van der Waals surface area contributed by atoms with Gasteiger partial charge in [-0.15, -0.1) is 0 Å². The third-order valence-electron chi connectivity index (χ3n) is 6.03. The van der Waals surface area contributed by atoms with E-state index < -0.39 is 0 Å². The van der Waals surface area contributed by atoms with E-state index in [9.17, 15) is 9.59 Å². The van der Waals surface area contributed by atoms with Gasteiger partial charge in [-0.05, 0) is 31.0 Å². The first-order chi connectivity index (χ1) is 13.9. The molecule has 29 heavy (non-hydrogen) atoms. The predicted molar refractivity (Wildman–Crippen MR) is 113 cm³/mol. The Balaban J connectivity index is 1.58. The number of carbonyl (C=O) groups excluding carboxylic acids is 2. The lowest BCUT2D eigenvalue weighted by molar-refractivity contribution is -0.133. The van der Waals surface area contributed by atoms with Crippen molar-refractivity contribution in [3.05, 3.63) is 34.5 Å². The van der Waals surface area contributed by atoms with E-state index in [4.69, 9.17) is 11.6 Å². The molecule has 2 aliphatic rings. The maximum Gasteiger partial charge on any atom is 0.227 e. The highest BCUT2D eigenvalue weighted by Gasteiger charge is 2.28. The summed E-state index contributed by atoms with van der Waals surface area (Å²) in [4.78, 5) is 29.7. The average Bonchev–Trinajstić information content (AvgIpc) is 3.13. The number of amides is 2. The fraction of sp³-hybridized carbons (Fsp3) is 0.476. The van der Waals surface area contributed by atoms with Crippen LogP contribution in [0.3, 0.4) is 0 Å². The van der Waals surface area contributed by atoms with Crippen LogP contribution in [0.5, 0.6) is 0 Å². The summed E-state index contributed by atoms with van der Waals surface area (Å²) >= 11 is 6.77. The van der Waals surface area contributed by atoms with Crippen LogP contribution < -0.4 is 4.90 Å². The Bertz CT molecular complexity index is 957. The van der Waals surface area contributed by atoms with Gasteiger partial charge in [0.1, 0.15) is 0 Å². The fourth-order valence-corrected chi connectivity index (χ4v) is 4.78. The molecule has 1 saturated heterocycles. The van der Waals surface area contributed by atoms with Crippen molar-refractivity contribution in [3.8, 4) is 11.3 Å². The lowest BCUT2D eigenvalue weighted by Gasteiger charge is -2.39. The van der Waals surface area contributed by atoms with Crippen molar-refractivity contribution in [1.29, 1.82) is 0 Å². The van der Waals surface area contributed by atoms with Crippen LogP contribution in [0.25, 0.3) is 11.3 Å². The highest BCUT2D eigenvalue weighted by atomic mass is 35.5. The van der Waals surface area contributed by atoms with E-state index in [0.29, 0.717) is 17.9 Å². The molecule has 2 amide bonds. The van der Waals surface area contributed by atoms with Gasteiger partial charge in [-0.3, -0.25) is 19.6 Å². The summed E-state index contributed by atoms with van der Waals surface area (Å²) in [5.41, 5.74) is 4.69. The van der Waals surface area contributed by atoms with Crippen LogP contribution >= 0.6 is 11.6 Å². The minimum Gasteiger partial charge on any atom is -0.338 e. The molecule has 8 heteroatoms. The average molecular weight is 416 g/mol. The second-order valence-corrected chi connectivity index (χ2v) is 8.31. The minimum atomic E-state index is 0.112. The maximum absolute atomic E-state index is 12.0. The van der Waals surface area contributed by atoms with Gasteiger partial charge in [0.2, 0.25) is 11.8 Å². The number of halogens is 1. The first-order valence-electron chi connectivity index (χ1n) is 9.97. The van der Waals surface area contributed by atoms with E-state index in [1.165, 1.54) is 0 Å². The standard InChI is InChI=1S/C21H26ClN5O2/c1-13-11-26(8-9-27(13)14(2)28)12-15-10-23-24-21(15)17-4-6-18-16(20(17)22)5-7-19(29)25(18)3/h4,6,10,13H,5,7-9,11-12H2,1-3H3,(H,23,24)/t13-/m1/s1. The van der Waals surface area contributed by atoms with Crippen LogP contribution in [0.4, 0.5) is 5.69 Å². The number of fused-ring (bicyclic) bond motifs is 1. The number of anilines is 1. The number of nitrogens with one attached hydrogen (secondary N) is 1. The molecule has 1 aromatic carbocycles. The Labute approximate surface area is 175 Å². The summed E-state index contributed by atoms with van der Waals surface area (Å²) in [5, 5.41) is 8.13. The highest BCUT2D eigenvalue weighted by molar-refractivity contribution is 6.34. The third-order valence-corrected chi connectivity index (χ3v) is 6.46. The van der Waals surface area contributed by atoms with Gasteiger partial charge in [-0.25, -0.2) is 0 Å². The molecule has 2 aromatic rings. The topological polar surface area (TPSA) is 72.5 Å². The van der Waals surface area contributed by atoms with E-state index in [1.54, 1.807) is 18.9 Å². The van der Waals surface area contributed by atoms with Gasteiger partial charge in [-0.2, -0.15) is 5.10 Å². The van der Waals surface area contributed by atoms with Crippen molar-refractivity contribution in [1.82, 2.24) is 20.0 Å². The van der Waals surface area contributed by atoms with Gasteiger partial charge in [0.25, 0.3) is 0 Å². The third kappa shape index (κ3) is 3.65. The Hall–Kier alpha value is -2.38. The molecule has 0 saturated carbocycles. The molecular weight excluding hydrogens is 390 g/mol. The SMILES string of the molecule is CC(=O)N1CCN(Cc2c[nH]nc2-c2ccc3c(c2Cl)CCC(=O)N3C)C[C@H]1C. The molecule has 4 rings (SSSR count). The first kappa shape index (κ1) is 19.9. The Morgan fingerprint density at radius 2 is 2.10 bits per heavy atom. The Morgan fingerprint density at radius 1 is 1.31 bits per heavy atom. The lowest BCUT2D eigenvalue weighted by atomic mass is 9.96. The van der Waals surface area contributed by atoms with Gasteiger partial charge in [0, 0.05) is 75.6 Å². The van der Waals surface area contributed by atoms with Crippen LogP contribution in [-0.4, -0.2) is 64.5 Å². The van der Waals surface area contributed by atoms with Gasteiger partial charge in [-0.1, -0.05) is 11.6 Å². The maximum atomic E-state index is 12.0. The highest BCUT2D eigenvalue weighted by Crippen LogP contribution is 2.39. The van der Waals surface area contributed by atoms with Crippen LogP contribution in [0.15, 0.2) is 18.3 Å². The zero-order chi connectivity index (χ0) is 20.7. The molecule has 7 nitrogen and oxygen atoms in total. The van der Waals surface area contributed by atoms with E-state index in [-0.39, 0.29) is 17.9 Å². The predicted octanol–water partition coefficient (Wildman–Crippen LogP) is 2.69. The van der Waals surface area contributed by atoms with E-state index in [0.717, 1.165) is 54.3 Å². The number of H-pyrrole nitrogens is 1. The van der Waals surface area contributed by atoms with Crippen LogP contribution in [0, 0.1) is 0 Å². The molecule has 0 radical (unpaired) electrons. The number of hydrogen-bond acceptors (Lipinski definition) is 4. The van der Waals surface area contributed by atoms with Crippen molar-refractivity contribution in [3.63, 3.8) is 0 Å². The quantitative estimate of drug-likeness (QED) is 0.836. The van der Waals surface area contributed by atoms with Crippen molar-refractivity contribution in [2.45, 2.75) is 39.3 Å². The summed E-state index contributed by atoms with van der Waals surface area (Å²) < 4.78 is 0. The number of aromatic amines is 1. The van der Waals surface area contributed by atoms with Crippen molar-refractivity contribution < 1.29 is 9.59 Å². The zero-order valence-electron chi connectivity index (χ0n) is 17.0. The first-order valence-corrected chi connectivity index (χ1v) is 10.3. The zero-order valence-corrected chi connectivity index (χ0v) is 17.8. The van der Waals surface area contributed by atoms with E-state index in [1.807, 2.05) is 23.2 Å². The molecule has 1 atom stereocenters.